The SMILES string of the molecule is c1ccc(-c2nc(-c3ccccc3)nc(-c3ccc(-c4c(-c5ccc(-c6nc7c(ccc8ccccc87)o6)cc5)ccc5ccccc45)cc3)n2)cc1. The molecule has 0 saturated carbocycles. The molecule has 0 fully saturated rings. The van der Waals surface area contributed by atoms with E-state index in [2.05, 4.69) is 103 Å². The largest absolute Gasteiger partial charge is 0.436 e. The summed E-state index contributed by atoms with van der Waals surface area (Å²) in [5, 5.41) is 4.61. The van der Waals surface area contributed by atoms with E-state index in [9.17, 15) is 0 Å². The lowest BCUT2D eigenvalue weighted by Crippen LogP contribution is -2.00. The van der Waals surface area contributed by atoms with Crippen molar-refractivity contribution in [1.82, 2.24) is 19.9 Å². The summed E-state index contributed by atoms with van der Waals surface area (Å²) in [5.74, 6) is 2.53. The van der Waals surface area contributed by atoms with Gasteiger partial charge in [-0.25, -0.2) is 19.9 Å². The van der Waals surface area contributed by atoms with Gasteiger partial charge >= 0.3 is 0 Å². The molecule has 2 aromatic heterocycles. The molecule has 10 rings (SSSR count). The fraction of sp³-hybridized carbons (Fsp3) is 0. The maximum Gasteiger partial charge on any atom is 0.227 e. The Morgan fingerprint density at radius 2 is 0.792 bits per heavy atom. The zero-order chi connectivity index (χ0) is 35.1. The quantitative estimate of drug-likeness (QED) is 0.175. The second-order valence-electron chi connectivity index (χ2n) is 13.1. The van der Waals surface area contributed by atoms with Crippen LogP contribution < -0.4 is 0 Å². The van der Waals surface area contributed by atoms with Crippen LogP contribution in [0.4, 0.5) is 0 Å². The molecule has 0 spiro atoms. The van der Waals surface area contributed by atoms with Gasteiger partial charge in [-0.3, -0.25) is 0 Å². The van der Waals surface area contributed by atoms with E-state index in [1.807, 2.05) is 78.9 Å². The van der Waals surface area contributed by atoms with Crippen LogP contribution in [-0.4, -0.2) is 19.9 Å². The molecule has 0 aliphatic heterocycles. The number of rotatable bonds is 6. The molecule has 0 saturated heterocycles. The first-order chi connectivity index (χ1) is 26.2. The van der Waals surface area contributed by atoms with Crippen LogP contribution in [0.25, 0.3) is 101 Å². The predicted molar refractivity (Wildman–Crippen MR) is 215 cm³/mol. The monoisotopic (exact) mass is 678 g/mol. The van der Waals surface area contributed by atoms with Gasteiger partial charge in [0.2, 0.25) is 5.89 Å². The minimum absolute atomic E-state index is 0.612. The number of oxazole rings is 1. The molecule has 2 heterocycles. The summed E-state index contributed by atoms with van der Waals surface area (Å²) in [7, 11) is 0. The second-order valence-corrected chi connectivity index (χ2v) is 13.1. The van der Waals surface area contributed by atoms with E-state index in [-0.39, 0.29) is 0 Å². The molecule has 0 amide bonds. The van der Waals surface area contributed by atoms with Crippen molar-refractivity contribution < 1.29 is 4.42 Å². The van der Waals surface area contributed by atoms with Gasteiger partial charge in [-0.15, -0.1) is 0 Å². The summed E-state index contributed by atoms with van der Waals surface area (Å²) in [6.07, 6.45) is 0. The van der Waals surface area contributed by atoms with Gasteiger partial charge in [0.15, 0.2) is 23.1 Å². The Morgan fingerprint density at radius 1 is 0.321 bits per heavy atom. The van der Waals surface area contributed by atoms with Crippen molar-refractivity contribution in [2.24, 2.45) is 0 Å². The van der Waals surface area contributed by atoms with Crippen molar-refractivity contribution in [2.45, 2.75) is 0 Å². The average molecular weight is 679 g/mol. The second kappa shape index (κ2) is 12.8. The molecule has 0 aliphatic carbocycles. The van der Waals surface area contributed by atoms with Crippen LogP contribution >= 0.6 is 0 Å². The average Bonchev–Trinajstić information content (AvgIpc) is 3.69. The van der Waals surface area contributed by atoms with E-state index in [0.717, 1.165) is 60.8 Å². The molecule has 0 N–H and O–H groups in total. The fourth-order valence-corrected chi connectivity index (χ4v) is 7.12. The molecule has 0 atom stereocenters. The Hall–Kier alpha value is -7.24. The van der Waals surface area contributed by atoms with E-state index in [1.54, 1.807) is 0 Å². The van der Waals surface area contributed by atoms with Crippen molar-refractivity contribution in [3.8, 4) is 67.9 Å². The zero-order valence-corrected chi connectivity index (χ0v) is 28.5. The predicted octanol–water partition coefficient (Wildman–Crippen LogP) is 12.3. The highest BCUT2D eigenvalue weighted by molar-refractivity contribution is 6.05. The standard InChI is InChI=1S/C48H30N4O/c1-3-13-35(14-4-1)45-50-46(36-15-5-2-6-16-36)52-47(51-45)37-23-21-34(22-24-37)43-39-17-9-7-11-31(39)27-29-40(43)33-19-25-38(26-20-33)48-49-44-41-18-10-8-12-32(41)28-30-42(44)53-48/h1-30H. The van der Waals surface area contributed by atoms with Crippen LogP contribution in [0.2, 0.25) is 0 Å². The zero-order valence-electron chi connectivity index (χ0n) is 28.5. The maximum absolute atomic E-state index is 6.25. The van der Waals surface area contributed by atoms with E-state index < -0.39 is 0 Å². The van der Waals surface area contributed by atoms with Crippen LogP contribution in [0.15, 0.2) is 186 Å². The first kappa shape index (κ1) is 30.6. The number of hydrogen-bond donors (Lipinski definition) is 0. The molecular weight excluding hydrogens is 649 g/mol. The Balaban J connectivity index is 1.04. The van der Waals surface area contributed by atoms with Gasteiger partial charge in [0.05, 0.1) is 0 Å². The number of nitrogens with zero attached hydrogens (tertiary/aromatic N) is 4. The van der Waals surface area contributed by atoms with Gasteiger partial charge in [-0.1, -0.05) is 164 Å². The van der Waals surface area contributed by atoms with Gasteiger partial charge in [-0.2, -0.15) is 0 Å². The molecule has 0 aliphatic rings. The highest BCUT2D eigenvalue weighted by atomic mass is 16.3. The number of aromatic nitrogens is 4. The van der Waals surface area contributed by atoms with Crippen molar-refractivity contribution in [3.63, 3.8) is 0 Å². The summed E-state index contributed by atoms with van der Waals surface area (Å²) >= 11 is 0. The van der Waals surface area contributed by atoms with E-state index in [4.69, 9.17) is 24.4 Å². The summed E-state index contributed by atoms with van der Waals surface area (Å²) in [6.45, 7) is 0. The lowest BCUT2D eigenvalue weighted by atomic mass is 9.89. The summed E-state index contributed by atoms with van der Waals surface area (Å²) in [4.78, 5) is 19.7. The highest BCUT2D eigenvalue weighted by Crippen LogP contribution is 2.40. The van der Waals surface area contributed by atoms with E-state index >= 15 is 0 Å². The summed E-state index contributed by atoms with van der Waals surface area (Å²) in [6, 6.07) is 62.5. The Kier molecular flexibility index (Phi) is 7.40. The third kappa shape index (κ3) is 5.61. The van der Waals surface area contributed by atoms with Crippen molar-refractivity contribution in [1.29, 1.82) is 0 Å². The smallest absolute Gasteiger partial charge is 0.227 e. The first-order valence-electron chi connectivity index (χ1n) is 17.6. The summed E-state index contributed by atoms with van der Waals surface area (Å²) in [5.41, 5.74) is 9.94. The molecule has 0 bridgehead atoms. The molecule has 8 aromatic carbocycles. The van der Waals surface area contributed by atoms with Gasteiger partial charge in [0, 0.05) is 27.6 Å². The Bertz CT molecular complexity index is 2860. The third-order valence-electron chi connectivity index (χ3n) is 9.79. The van der Waals surface area contributed by atoms with E-state index in [0.29, 0.717) is 23.4 Å². The normalized spacial score (nSPS) is 11.4. The Labute approximate surface area is 305 Å². The molecule has 53 heavy (non-hydrogen) atoms. The highest BCUT2D eigenvalue weighted by Gasteiger charge is 2.16. The van der Waals surface area contributed by atoms with Gasteiger partial charge < -0.3 is 4.42 Å². The van der Waals surface area contributed by atoms with Crippen molar-refractivity contribution in [3.05, 3.63) is 182 Å². The minimum Gasteiger partial charge on any atom is -0.436 e. The van der Waals surface area contributed by atoms with Crippen molar-refractivity contribution in [2.75, 3.05) is 0 Å². The molecule has 0 radical (unpaired) electrons. The third-order valence-corrected chi connectivity index (χ3v) is 9.79. The molecule has 248 valence electrons. The molecule has 5 heteroatoms. The van der Waals surface area contributed by atoms with Crippen LogP contribution in [0, 0.1) is 0 Å². The topological polar surface area (TPSA) is 64.7 Å². The van der Waals surface area contributed by atoms with Crippen LogP contribution in [0.1, 0.15) is 0 Å². The lowest BCUT2D eigenvalue weighted by molar-refractivity contribution is 0.620. The van der Waals surface area contributed by atoms with Gasteiger partial charge in [0.25, 0.3) is 0 Å². The summed E-state index contributed by atoms with van der Waals surface area (Å²) < 4.78 is 6.25. The number of benzene rings is 8. The van der Waals surface area contributed by atoms with Crippen LogP contribution in [0.3, 0.4) is 0 Å². The first-order valence-corrected chi connectivity index (χ1v) is 17.6. The molecular formula is C48H30N4O. The molecule has 10 aromatic rings. The van der Waals surface area contributed by atoms with Crippen molar-refractivity contribution >= 4 is 32.6 Å². The number of fused-ring (bicyclic) bond motifs is 4. The van der Waals surface area contributed by atoms with Gasteiger partial charge in [0.1, 0.15) is 5.52 Å². The van der Waals surface area contributed by atoms with Gasteiger partial charge in [-0.05, 0) is 56.6 Å². The lowest BCUT2D eigenvalue weighted by Gasteiger charge is -2.15. The number of hydrogen-bond acceptors (Lipinski definition) is 5. The van der Waals surface area contributed by atoms with Crippen LogP contribution in [-0.2, 0) is 0 Å². The molecule has 5 nitrogen and oxygen atoms in total. The van der Waals surface area contributed by atoms with E-state index in [1.165, 1.54) is 16.3 Å². The Morgan fingerprint density at radius 3 is 1.43 bits per heavy atom. The van der Waals surface area contributed by atoms with Crippen LogP contribution in [0.5, 0.6) is 0 Å². The molecule has 0 unspecified atom stereocenters. The maximum atomic E-state index is 6.25. The fourth-order valence-electron chi connectivity index (χ4n) is 7.12. The minimum atomic E-state index is 0.612.